The molecule has 0 aliphatic rings. The minimum Gasteiger partial charge on any atom is -0.378 e. The first-order chi connectivity index (χ1) is 10.1. The number of rotatable bonds is 4. The molecule has 4 nitrogen and oxygen atoms in total. The molecule has 1 aromatic carbocycles. The predicted octanol–water partition coefficient (Wildman–Crippen LogP) is 4.16. The molecule has 1 unspecified atom stereocenters. The molecule has 2 heterocycles. The van der Waals surface area contributed by atoms with Gasteiger partial charge < -0.3 is 10.3 Å². The molecule has 0 fully saturated rings. The van der Waals surface area contributed by atoms with Gasteiger partial charge in [0.25, 0.3) is 0 Å². The molecule has 3 aromatic rings. The predicted molar refractivity (Wildman–Crippen MR) is 90.4 cm³/mol. The van der Waals surface area contributed by atoms with Gasteiger partial charge in [0.1, 0.15) is 0 Å². The van der Waals surface area contributed by atoms with E-state index in [0.29, 0.717) is 0 Å². The number of aromatic nitrogens is 2. The highest BCUT2D eigenvalue weighted by Gasteiger charge is 2.10. The van der Waals surface area contributed by atoms with Crippen LogP contribution in [-0.2, 0) is 0 Å². The number of benzene rings is 1. The van der Waals surface area contributed by atoms with Crippen LogP contribution in [-0.4, -0.2) is 9.55 Å². The normalized spacial score (nSPS) is 12.3. The van der Waals surface area contributed by atoms with Crippen molar-refractivity contribution >= 4 is 33.0 Å². The van der Waals surface area contributed by atoms with Crippen molar-refractivity contribution in [3.63, 3.8) is 0 Å². The zero-order valence-electron chi connectivity index (χ0n) is 11.3. The Bertz CT molecular complexity index is 788. The second-order valence-corrected chi connectivity index (χ2v) is 6.48. The quantitative estimate of drug-likeness (QED) is 0.730. The Hall–Kier alpha value is -1.79. The van der Waals surface area contributed by atoms with E-state index >= 15 is 0 Å². The molecule has 0 aliphatic carbocycles. The molecule has 0 amide bonds. The summed E-state index contributed by atoms with van der Waals surface area (Å²) in [5.41, 5.74) is 1.73. The van der Waals surface area contributed by atoms with E-state index in [2.05, 4.69) is 44.6 Å². The number of nitrogens with zero attached hydrogens (tertiary/aromatic N) is 1. The van der Waals surface area contributed by atoms with Crippen molar-refractivity contribution in [3.8, 4) is 5.69 Å². The molecule has 0 radical (unpaired) electrons. The lowest BCUT2D eigenvalue weighted by atomic mass is 10.2. The van der Waals surface area contributed by atoms with Gasteiger partial charge in [-0.15, -0.1) is 11.3 Å². The van der Waals surface area contributed by atoms with Crippen LogP contribution < -0.4 is 11.0 Å². The Morgan fingerprint density at radius 2 is 2.05 bits per heavy atom. The molecule has 0 bridgehead atoms. The van der Waals surface area contributed by atoms with Gasteiger partial charge in [-0.25, -0.2) is 4.79 Å². The second kappa shape index (κ2) is 5.91. The lowest BCUT2D eigenvalue weighted by Crippen LogP contribution is -2.14. The monoisotopic (exact) mass is 363 g/mol. The van der Waals surface area contributed by atoms with Gasteiger partial charge in [0.05, 0.1) is 11.7 Å². The molecular formula is C15H14BrN3OS. The van der Waals surface area contributed by atoms with Gasteiger partial charge in [-0.05, 0) is 58.6 Å². The molecule has 6 heteroatoms. The maximum Gasteiger partial charge on any atom is 0.330 e. The minimum atomic E-state index is -0.133. The fourth-order valence-electron chi connectivity index (χ4n) is 2.17. The largest absolute Gasteiger partial charge is 0.378 e. The number of hydrogen-bond donors (Lipinski definition) is 2. The number of hydrogen-bond acceptors (Lipinski definition) is 3. The molecule has 2 aromatic heterocycles. The van der Waals surface area contributed by atoms with Crippen LogP contribution in [0.3, 0.4) is 0 Å². The van der Waals surface area contributed by atoms with Crippen LogP contribution in [0.15, 0.2) is 57.4 Å². The summed E-state index contributed by atoms with van der Waals surface area (Å²) < 4.78 is 2.70. The highest BCUT2D eigenvalue weighted by Crippen LogP contribution is 2.31. The van der Waals surface area contributed by atoms with Crippen LogP contribution >= 0.6 is 27.3 Å². The molecule has 108 valence electrons. The van der Waals surface area contributed by atoms with Crippen molar-refractivity contribution in [2.45, 2.75) is 13.0 Å². The lowest BCUT2D eigenvalue weighted by Gasteiger charge is -2.15. The average Bonchev–Trinajstić information content (AvgIpc) is 3.08. The molecule has 0 spiro atoms. The maximum absolute atomic E-state index is 11.6. The highest BCUT2D eigenvalue weighted by atomic mass is 79.9. The van der Waals surface area contributed by atoms with Crippen LogP contribution in [0.25, 0.3) is 5.69 Å². The number of thiophene rings is 1. The minimum absolute atomic E-state index is 0.133. The van der Waals surface area contributed by atoms with Crippen LogP contribution in [0.2, 0.25) is 0 Å². The second-order valence-electron chi connectivity index (χ2n) is 4.68. The van der Waals surface area contributed by atoms with E-state index in [0.717, 1.165) is 15.8 Å². The van der Waals surface area contributed by atoms with Crippen LogP contribution in [0.4, 0.5) is 5.69 Å². The standard InChI is InChI=1S/C15H14BrN3OS/c1-10(14-13(16)6-9-21-14)18-11-2-4-12(5-3-11)19-8-7-17-15(19)20/h2-10,18H,1H3,(H,17,20). The SMILES string of the molecule is CC(Nc1ccc(-n2cc[nH]c2=O)cc1)c1sccc1Br. The number of anilines is 1. The van der Waals surface area contributed by atoms with Gasteiger partial charge >= 0.3 is 5.69 Å². The fraction of sp³-hybridized carbons (Fsp3) is 0.133. The molecule has 21 heavy (non-hydrogen) atoms. The molecule has 1 atom stereocenters. The Kier molecular flexibility index (Phi) is 3.98. The summed E-state index contributed by atoms with van der Waals surface area (Å²) in [5.74, 6) is 0. The molecule has 0 saturated carbocycles. The van der Waals surface area contributed by atoms with Gasteiger partial charge in [-0.2, -0.15) is 0 Å². The first-order valence-electron chi connectivity index (χ1n) is 6.51. The summed E-state index contributed by atoms with van der Waals surface area (Å²) >= 11 is 5.28. The van der Waals surface area contributed by atoms with Gasteiger partial charge in [0.15, 0.2) is 0 Å². The summed E-state index contributed by atoms with van der Waals surface area (Å²) in [4.78, 5) is 15.5. The highest BCUT2D eigenvalue weighted by molar-refractivity contribution is 9.10. The average molecular weight is 364 g/mol. The third-order valence-corrected chi connectivity index (χ3v) is 5.27. The van der Waals surface area contributed by atoms with E-state index < -0.39 is 0 Å². The Morgan fingerprint density at radius 1 is 1.29 bits per heavy atom. The van der Waals surface area contributed by atoms with Gasteiger partial charge in [-0.3, -0.25) is 4.57 Å². The number of nitrogens with one attached hydrogen (secondary N) is 2. The molecule has 0 saturated heterocycles. The Balaban J connectivity index is 1.78. The maximum atomic E-state index is 11.6. The molecule has 0 aliphatic heterocycles. The summed E-state index contributed by atoms with van der Waals surface area (Å²) in [7, 11) is 0. The summed E-state index contributed by atoms with van der Waals surface area (Å²) in [6.45, 7) is 2.13. The third-order valence-electron chi connectivity index (χ3n) is 3.22. The first kappa shape index (κ1) is 14.2. The van der Waals surface area contributed by atoms with E-state index in [9.17, 15) is 4.79 Å². The summed E-state index contributed by atoms with van der Waals surface area (Å²) in [6.07, 6.45) is 3.35. The smallest absolute Gasteiger partial charge is 0.330 e. The van der Waals surface area contributed by atoms with Crippen LogP contribution in [0, 0.1) is 0 Å². The fourth-order valence-corrected chi connectivity index (χ4v) is 3.90. The third kappa shape index (κ3) is 2.96. The number of H-pyrrole nitrogens is 1. The number of halogens is 1. The lowest BCUT2D eigenvalue weighted by molar-refractivity contribution is 0.902. The Labute approximate surface area is 134 Å². The zero-order chi connectivity index (χ0) is 14.8. The van der Waals surface area contributed by atoms with Gasteiger partial charge in [-0.1, -0.05) is 0 Å². The van der Waals surface area contributed by atoms with Crippen LogP contribution in [0.1, 0.15) is 17.8 Å². The van der Waals surface area contributed by atoms with Crippen molar-refractivity contribution in [1.29, 1.82) is 0 Å². The molecular weight excluding hydrogens is 350 g/mol. The van der Waals surface area contributed by atoms with Crippen molar-refractivity contribution < 1.29 is 0 Å². The van der Waals surface area contributed by atoms with Crippen molar-refractivity contribution in [3.05, 3.63) is 67.9 Å². The number of aromatic amines is 1. The van der Waals surface area contributed by atoms with E-state index in [-0.39, 0.29) is 11.7 Å². The Morgan fingerprint density at radius 3 is 2.62 bits per heavy atom. The van der Waals surface area contributed by atoms with E-state index in [1.165, 1.54) is 4.88 Å². The summed E-state index contributed by atoms with van der Waals surface area (Å²) in [6, 6.07) is 10.1. The van der Waals surface area contributed by atoms with Gasteiger partial charge in [0.2, 0.25) is 0 Å². The molecule has 3 rings (SSSR count). The van der Waals surface area contributed by atoms with E-state index in [1.807, 2.05) is 24.3 Å². The van der Waals surface area contributed by atoms with Crippen molar-refractivity contribution in [2.24, 2.45) is 0 Å². The van der Waals surface area contributed by atoms with Crippen molar-refractivity contribution in [1.82, 2.24) is 9.55 Å². The van der Waals surface area contributed by atoms with E-state index in [4.69, 9.17) is 0 Å². The van der Waals surface area contributed by atoms with Gasteiger partial charge in [0, 0.05) is 27.4 Å². The van der Waals surface area contributed by atoms with Crippen LogP contribution in [0.5, 0.6) is 0 Å². The van der Waals surface area contributed by atoms with E-state index in [1.54, 1.807) is 28.3 Å². The van der Waals surface area contributed by atoms with Crippen molar-refractivity contribution in [2.75, 3.05) is 5.32 Å². The number of imidazole rings is 1. The summed E-state index contributed by atoms with van der Waals surface area (Å²) in [5, 5.41) is 5.53. The topological polar surface area (TPSA) is 49.8 Å². The first-order valence-corrected chi connectivity index (χ1v) is 8.18. The zero-order valence-corrected chi connectivity index (χ0v) is 13.7. The molecule has 2 N–H and O–H groups in total.